The highest BCUT2D eigenvalue weighted by Crippen LogP contribution is 2.28. The van der Waals surface area contributed by atoms with E-state index < -0.39 is 0 Å². The van der Waals surface area contributed by atoms with E-state index in [4.69, 9.17) is 9.47 Å². The lowest BCUT2D eigenvalue weighted by atomic mass is 10.2. The lowest BCUT2D eigenvalue weighted by Crippen LogP contribution is -2.00. The molecule has 0 aliphatic heterocycles. The van der Waals surface area contributed by atoms with Gasteiger partial charge in [0.15, 0.2) is 11.5 Å². The second kappa shape index (κ2) is 7.32. The molecule has 0 radical (unpaired) electrons. The molecule has 0 bridgehead atoms. The van der Waals surface area contributed by atoms with E-state index in [1.807, 2.05) is 84.9 Å². The Morgan fingerprint density at radius 3 is 1.23 bits per heavy atom. The molecule has 0 amide bonds. The van der Waals surface area contributed by atoms with Crippen LogP contribution >= 0.6 is 0 Å². The van der Waals surface area contributed by atoms with Gasteiger partial charge < -0.3 is 9.47 Å². The molecule has 2 nitrogen and oxygen atoms in total. The highest BCUT2D eigenvalue weighted by atomic mass is 16.5. The molecule has 0 aliphatic carbocycles. The van der Waals surface area contributed by atoms with E-state index in [9.17, 15) is 0 Å². The summed E-state index contributed by atoms with van der Waals surface area (Å²) in [5.74, 6) is 1.53. The first-order chi connectivity index (χ1) is 10.9. The third-order valence-electron chi connectivity index (χ3n) is 3.32. The molecule has 0 aliphatic rings. The number of para-hydroxylation sites is 2. The van der Waals surface area contributed by atoms with Crippen LogP contribution in [0.3, 0.4) is 0 Å². The van der Waals surface area contributed by atoms with E-state index in [-0.39, 0.29) is 0 Å². The monoisotopic (exact) mass is 290 g/mol. The van der Waals surface area contributed by atoms with Crippen LogP contribution in [0.5, 0.6) is 11.5 Å². The summed E-state index contributed by atoms with van der Waals surface area (Å²) in [6.45, 7) is 1.07. The number of rotatable bonds is 6. The Hall–Kier alpha value is -2.74. The molecular weight excluding hydrogens is 272 g/mol. The molecule has 0 unspecified atom stereocenters. The van der Waals surface area contributed by atoms with E-state index in [2.05, 4.69) is 0 Å². The SMILES string of the molecule is c1ccc(COc2ccccc2OCc2ccccc2)cc1. The fraction of sp³-hybridized carbons (Fsp3) is 0.100. The molecule has 3 rings (SSSR count). The Labute approximate surface area is 131 Å². The summed E-state index contributed by atoms with van der Waals surface area (Å²) in [6.07, 6.45) is 0. The molecule has 0 aromatic heterocycles. The van der Waals surface area contributed by atoms with Gasteiger partial charge in [-0.25, -0.2) is 0 Å². The maximum Gasteiger partial charge on any atom is 0.161 e. The average molecular weight is 290 g/mol. The molecule has 0 saturated heterocycles. The zero-order valence-electron chi connectivity index (χ0n) is 12.3. The van der Waals surface area contributed by atoms with Gasteiger partial charge in [0, 0.05) is 0 Å². The van der Waals surface area contributed by atoms with Crippen LogP contribution in [0.1, 0.15) is 11.1 Å². The van der Waals surface area contributed by atoms with Crippen LogP contribution < -0.4 is 9.47 Å². The third kappa shape index (κ3) is 3.89. The molecule has 3 aromatic carbocycles. The number of ether oxygens (including phenoxy) is 2. The number of benzene rings is 3. The average Bonchev–Trinajstić information content (AvgIpc) is 2.61. The minimum Gasteiger partial charge on any atom is -0.485 e. The lowest BCUT2D eigenvalue weighted by Gasteiger charge is -2.12. The fourth-order valence-corrected chi connectivity index (χ4v) is 2.16. The second-order valence-electron chi connectivity index (χ2n) is 5.00. The Morgan fingerprint density at radius 2 is 0.818 bits per heavy atom. The van der Waals surface area contributed by atoms with E-state index in [1.165, 1.54) is 0 Å². The Morgan fingerprint density at radius 1 is 0.455 bits per heavy atom. The molecule has 0 heterocycles. The third-order valence-corrected chi connectivity index (χ3v) is 3.32. The van der Waals surface area contributed by atoms with Gasteiger partial charge in [-0.05, 0) is 23.3 Å². The fourth-order valence-electron chi connectivity index (χ4n) is 2.16. The van der Waals surface area contributed by atoms with Gasteiger partial charge in [-0.2, -0.15) is 0 Å². The van der Waals surface area contributed by atoms with E-state index in [0.29, 0.717) is 13.2 Å². The lowest BCUT2D eigenvalue weighted by molar-refractivity contribution is 0.256. The van der Waals surface area contributed by atoms with Crippen molar-refractivity contribution in [3.63, 3.8) is 0 Å². The zero-order chi connectivity index (χ0) is 15.0. The number of hydrogen-bond donors (Lipinski definition) is 0. The molecule has 0 spiro atoms. The quantitative estimate of drug-likeness (QED) is 0.646. The summed E-state index contributed by atoms with van der Waals surface area (Å²) in [4.78, 5) is 0. The first-order valence-electron chi connectivity index (χ1n) is 7.34. The van der Waals surface area contributed by atoms with Gasteiger partial charge in [-0.15, -0.1) is 0 Å². The van der Waals surface area contributed by atoms with Gasteiger partial charge in [0.05, 0.1) is 0 Å². The molecule has 110 valence electrons. The summed E-state index contributed by atoms with van der Waals surface area (Å²) in [5.41, 5.74) is 2.28. The number of hydrogen-bond acceptors (Lipinski definition) is 2. The molecule has 3 aromatic rings. The van der Waals surface area contributed by atoms with E-state index in [0.717, 1.165) is 22.6 Å². The second-order valence-corrected chi connectivity index (χ2v) is 5.00. The van der Waals surface area contributed by atoms with E-state index in [1.54, 1.807) is 0 Å². The van der Waals surface area contributed by atoms with Crippen molar-refractivity contribution in [2.75, 3.05) is 0 Å². The zero-order valence-corrected chi connectivity index (χ0v) is 12.3. The van der Waals surface area contributed by atoms with Crippen molar-refractivity contribution < 1.29 is 9.47 Å². The smallest absolute Gasteiger partial charge is 0.161 e. The van der Waals surface area contributed by atoms with Crippen molar-refractivity contribution >= 4 is 0 Å². The van der Waals surface area contributed by atoms with Gasteiger partial charge >= 0.3 is 0 Å². The van der Waals surface area contributed by atoms with E-state index >= 15 is 0 Å². The maximum absolute atomic E-state index is 5.89. The Kier molecular flexibility index (Phi) is 4.73. The highest BCUT2D eigenvalue weighted by Gasteiger charge is 2.05. The largest absolute Gasteiger partial charge is 0.485 e. The van der Waals surface area contributed by atoms with Crippen LogP contribution in [0.15, 0.2) is 84.9 Å². The molecule has 22 heavy (non-hydrogen) atoms. The highest BCUT2D eigenvalue weighted by molar-refractivity contribution is 5.39. The summed E-state index contributed by atoms with van der Waals surface area (Å²) in [7, 11) is 0. The van der Waals surface area contributed by atoms with Crippen molar-refractivity contribution in [2.24, 2.45) is 0 Å². The van der Waals surface area contributed by atoms with Crippen LogP contribution in [0, 0.1) is 0 Å². The standard InChI is InChI=1S/C20H18O2/c1-3-9-17(10-4-1)15-21-19-13-7-8-14-20(19)22-16-18-11-5-2-6-12-18/h1-14H,15-16H2. The van der Waals surface area contributed by atoms with Crippen molar-refractivity contribution in [3.05, 3.63) is 96.1 Å². The van der Waals surface area contributed by atoms with Crippen LogP contribution in [0.25, 0.3) is 0 Å². The molecule has 0 fully saturated rings. The minimum absolute atomic E-state index is 0.534. The van der Waals surface area contributed by atoms with Gasteiger partial charge in [-0.1, -0.05) is 72.8 Å². The van der Waals surface area contributed by atoms with Gasteiger partial charge in [0.25, 0.3) is 0 Å². The van der Waals surface area contributed by atoms with Crippen molar-refractivity contribution in [1.29, 1.82) is 0 Å². The van der Waals surface area contributed by atoms with Crippen molar-refractivity contribution in [2.45, 2.75) is 13.2 Å². The van der Waals surface area contributed by atoms with Crippen LogP contribution in [0.4, 0.5) is 0 Å². The van der Waals surface area contributed by atoms with Crippen molar-refractivity contribution in [1.82, 2.24) is 0 Å². The summed E-state index contributed by atoms with van der Waals surface area (Å²) >= 11 is 0. The van der Waals surface area contributed by atoms with Gasteiger partial charge in [0.1, 0.15) is 13.2 Å². The van der Waals surface area contributed by atoms with Crippen LogP contribution in [0.2, 0.25) is 0 Å². The van der Waals surface area contributed by atoms with Crippen LogP contribution in [-0.2, 0) is 13.2 Å². The van der Waals surface area contributed by atoms with Crippen LogP contribution in [-0.4, -0.2) is 0 Å². The normalized spacial score (nSPS) is 10.2. The molecule has 0 saturated carbocycles. The minimum atomic E-state index is 0.534. The predicted molar refractivity (Wildman–Crippen MR) is 88.0 cm³/mol. The molecule has 0 atom stereocenters. The van der Waals surface area contributed by atoms with Gasteiger partial charge in [0.2, 0.25) is 0 Å². The molecule has 2 heteroatoms. The Balaban J connectivity index is 1.65. The summed E-state index contributed by atoms with van der Waals surface area (Å²) in [6, 6.07) is 28.0. The molecule has 0 N–H and O–H groups in total. The Bertz CT molecular complexity index is 631. The maximum atomic E-state index is 5.89. The summed E-state index contributed by atoms with van der Waals surface area (Å²) < 4.78 is 11.8. The molecular formula is C20H18O2. The topological polar surface area (TPSA) is 18.5 Å². The van der Waals surface area contributed by atoms with Crippen molar-refractivity contribution in [3.8, 4) is 11.5 Å². The first kappa shape index (κ1) is 14.2. The predicted octanol–water partition coefficient (Wildman–Crippen LogP) is 4.84. The summed E-state index contributed by atoms with van der Waals surface area (Å²) in [5, 5.41) is 0. The first-order valence-corrected chi connectivity index (χ1v) is 7.34. The van der Waals surface area contributed by atoms with Gasteiger partial charge in [-0.3, -0.25) is 0 Å².